The van der Waals surface area contributed by atoms with E-state index in [4.69, 9.17) is 5.84 Å². The van der Waals surface area contributed by atoms with Gasteiger partial charge in [-0.25, -0.2) is 4.98 Å². The molecule has 0 aliphatic rings. The van der Waals surface area contributed by atoms with Crippen molar-refractivity contribution in [2.45, 2.75) is 25.9 Å². The third-order valence-corrected chi connectivity index (χ3v) is 3.29. The maximum absolute atomic E-state index is 5.63. The minimum Gasteiger partial charge on any atom is -0.335 e. The Morgan fingerprint density at radius 3 is 3.00 bits per heavy atom. The van der Waals surface area contributed by atoms with E-state index in [-0.39, 0.29) is 6.04 Å². The highest BCUT2D eigenvalue weighted by Crippen LogP contribution is 2.19. The minimum absolute atomic E-state index is 0.00250. The summed E-state index contributed by atoms with van der Waals surface area (Å²) < 4.78 is 3.05. The van der Waals surface area contributed by atoms with Crippen LogP contribution in [-0.2, 0) is 13.0 Å². The van der Waals surface area contributed by atoms with Crippen LogP contribution in [0.15, 0.2) is 35.3 Å². The third kappa shape index (κ3) is 2.95. The lowest BCUT2D eigenvalue weighted by Crippen LogP contribution is -2.30. The molecule has 6 heteroatoms. The lowest BCUT2D eigenvalue weighted by Gasteiger charge is -2.16. The van der Waals surface area contributed by atoms with Crippen molar-refractivity contribution in [3.05, 3.63) is 46.7 Å². The van der Waals surface area contributed by atoms with Crippen molar-refractivity contribution in [2.24, 2.45) is 5.84 Å². The van der Waals surface area contributed by atoms with E-state index >= 15 is 0 Å². The summed E-state index contributed by atoms with van der Waals surface area (Å²) in [6.45, 7) is 3.00. The van der Waals surface area contributed by atoms with Gasteiger partial charge < -0.3 is 4.57 Å². The molecule has 0 aliphatic heterocycles. The predicted octanol–water partition coefficient (Wildman–Crippen LogP) is 1.81. The largest absolute Gasteiger partial charge is 0.335 e. The molecular formula is C12H16BrN5. The van der Waals surface area contributed by atoms with Crippen molar-refractivity contribution in [3.63, 3.8) is 0 Å². The summed E-state index contributed by atoms with van der Waals surface area (Å²) in [5.41, 5.74) is 3.86. The number of hydrogen-bond donors (Lipinski definition) is 2. The summed E-state index contributed by atoms with van der Waals surface area (Å²) in [4.78, 5) is 8.51. The number of rotatable bonds is 5. The number of nitrogens with one attached hydrogen (secondary N) is 1. The number of imidazole rings is 1. The molecule has 0 saturated heterocycles. The molecule has 1 atom stereocenters. The van der Waals surface area contributed by atoms with E-state index < -0.39 is 0 Å². The highest BCUT2D eigenvalue weighted by atomic mass is 79.9. The molecule has 2 aromatic heterocycles. The molecule has 0 spiro atoms. The fourth-order valence-corrected chi connectivity index (χ4v) is 2.27. The van der Waals surface area contributed by atoms with Crippen molar-refractivity contribution in [1.82, 2.24) is 20.0 Å². The topological polar surface area (TPSA) is 68.8 Å². The van der Waals surface area contributed by atoms with E-state index in [1.807, 2.05) is 24.7 Å². The molecule has 0 amide bonds. The average Bonchev–Trinajstić information content (AvgIpc) is 2.83. The first-order chi connectivity index (χ1) is 8.74. The van der Waals surface area contributed by atoms with Gasteiger partial charge >= 0.3 is 0 Å². The number of hydrogen-bond acceptors (Lipinski definition) is 4. The molecular weight excluding hydrogens is 294 g/mol. The zero-order valence-electron chi connectivity index (χ0n) is 10.2. The van der Waals surface area contributed by atoms with Gasteiger partial charge in [-0.3, -0.25) is 16.3 Å². The van der Waals surface area contributed by atoms with Crippen molar-refractivity contribution < 1.29 is 0 Å². The molecule has 2 rings (SSSR count). The molecule has 2 heterocycles. The third-order valence-electron chi connectivity index (χ3n) is 2.86. The first kappa shape index (κ1) is 13.2. The maximum atomic E-state index is 5.63. The van der Waals surface area contributed by atoms with E-state index in [1.165, 1.54) is 0 Å². The first-order valence-corrected chi connectivity index (χ1v) is 6.60. The van der Waals surface area contributed by atoms with Gasteiger partial charge in [0.1, 0.15) is 5.82 Å². The SMILES string of the molecule is CCn1ccnc1CC(NN)c1cncc(Br)c1. The summed E-state index contributed by atoms with van der Waals surface area (Å²) in [5, 5.41) is 0. The Hall–Kier alpha value is -1.24. The van der Waals surface area contributed by atoms with Crippen LogP contribution >= 0.6 is 15.9 Å². The van der Waals surface area contributed by atoms with Gasteiger partial charge in [0.05, 0.1) is 6.04 Å². The first-order valence-electron chi connectivity index (χ1n) is 5.81. The number of nitrogens with two attached hydrogens (primary N) is 1. The Balaban J connectivity index is 2.20. The van der Waals surface area contributed by atoms with Crippen molar-refractivity contribution >= 4 is 15.9 Å². The molecule has 0 fully saturated rings. The summed E-state index contributed by atoms with van der Waals surface area (Å²) in [5.74, 6) is 6.65. The van der Waals surface area contributed by atoms with Gasteiger partial charge in [-0.15, -0.1) is 0 Å². The van der Waals surface area contributed by atoms with Gasteiger partial charge in [-0.1, -0.05) is 0 Å². The van der Waals surface area contributed by atoms with Gasteiger partial charge in [0.25, 0.3) is 0 Å². The number of halogens is 1. The monoisotopic (exact) mass is 309 g/mol. The normalized spacial score (nSPS) is 12.6. The summed E-state index contributed by atoms with van der Waals surface area (Å²) >= 11 is 3.41. The van der Waals surface area contributed by atoms with Crippen LogP contribution in [0.5, 0.6) is 0 Å². The molecule has 0 saturated carbocycles. The van der Waals surface area contributed by atoms with Crippen LogP contribution in [0.1, 0.15) is 24.4 Å². The van der Waals surface area contributed by atoms with Gasteiger partial charge in [-0.2, -0.15) is 0 Å². The van der Waals surface area contributed by atoms with Crippen LogP contribution in [0.4, 0.5) is 0 Å². The van der Waals surface area contributed by atoms with Crippen LogP contribution in [0, 0.1) is 0 Å². The number of nitrogens with zero attached hydrogens (tertiary/aromatic N) is 3. The molecule has 0 aliphatic carbocycles. The second kappa shape index (κ2) is 6.08. The Morgan fingerprint density at radius 2 is 2.33 bits per heavy atom. The van der Waals surface area contributed by atoms with E-state index in [2.05, 4.69) is 42.8 Å². The molecule has 2 aromatic rings. The van der Waals surface area contributed by atoms with Gasteiger partial charge in [0.15, 0.2) is 0 Å². The summed E-state index contributed by atoms with van der Waals surface area (Å²) in [7, 11) is 0. The molecule has 96 valence electrons. The second-order valence-corrected chi connectivity index (χ2v) is 4.91. The second-order valence-electron chi connectivity index (χ2n) is 3.99. The summed E-state index contributed by atoms with van der Waals surface area (Å²) in [6, 6.07) is 2.01. The number of hydrazine groups is 1. The number of aryl methyl sites for hydroxylation is 1. The Kier molecular flexibility index (Phi) is 4.46. The van der Waals surface area contributed by atoms with Crippen molar-refractivity contribution in [3.8, 4) is 0 Å². The Labute approximate surface area is 115 Å². The minimum atomic E-state index is 0.00250. The smallest absolute Gasteiger partial charge is 0.110 e. The number of pyridine rings is 1. The molecule has 3 N–H and O–H groups in total. The standard InChI is InChI=1S/C12H16BrN5/c1-2-18-4-3-16-12(18)6-11(17-14)9-5-10(13)8-15-7-9/h3-5,7-8,11,17H,2,6,14H2,1H3. The van der Waals surface area contributed by atoms with E-state index in [1.54, 1.807) is 6.20 Å². The Bertz CT molecular complexity index is 511. The molecule has 5 nitrogen and oxygen atoms in total. The van der Waals surface area contributed by atoms with E-state index in [0.29, 0.717) is 0 Å². The van der Waals surface area contributed by atoms with E-state index in [9.17, 15) is 0 Å². The van der Waals surface area contributed by atoms with Gasteiger partial charge in [0.2, 0.25) is 0 Å². The molecule has 0 radical (unpaired) electrons. The van der Waals surface area contributed by atoms with Crippen LogP contribution in [0.25, 0.3) is 0 Å². The highest BCUT2D eigenvalue weighted by Gasteiger charge is 2.14. The molecule has 0 aromatic carbocycles. The van der Waals surface area contributed by atoms with E-state index in [0.717, 1.165) is 28.8 Å². The fraction of sp³-hybridized carbons (Fsp3) is 0.333. The van der Waals surface area contributed by atoms with Crippen LogP contribution in [0.2, 0.25) is 0 Å². The lowest BCUT2D eigenvalue weighted by molar-refractivity contribution is 0.521. The predicted molar refractivity (Wildman–Crippen MR) is 73.6 cm³/mol. The zero-order chi connectivity index (χ0) is 13.0. The highest BCUT2D eigenvalue weighted by molar-refractivity contribution is 9.10. The molecule has 1 unspecified atom stereocenters. The fourth-order valence-electron chi connectivity index (χ4n) is 1.89. The van der Waals surface area contributed by atoms with Crippen molar-refractivity contribution in [2.75, 3.05) is 0 Å². The lowest BCUT2D eigenvalue weighted by atomic mass is 10.1. The molecule has 18 heavy (non-hydrogen) atoms. The van der Waals surface area contributed by atoms with Crippen LogP contribution in [-0.4, -0.2) is 14.5 Å². The van der Waals surface area contributed by atoms with Crippen LogP contribution in [0.3, 0.4) is 0 Å². The molecule has 0 bridgehead atoms. The maximum Gasteiger partial charge on any atom is 0.110 e. The quantitative estimate of drug-likeness (QED) is 0.653. The van der Waals surface area contributed by atoms with Crippen LogP contribution < -0.4 is 11.3 Å². The average molecular weight is 310 g/mol. The zero-order valence-corrected chi connectivity index (χ0v) is 11.8. The summed E-state index contributed by atoms with van der Waals surface area (Å²) in [6.07, 6.45) is 8.09. The number of aromatic nitrogens is 3. The van der Waals surface area contributed by atoms with Gasteiger partial charge in [0, 0.05) is 42.2 Å². The Morgan fingerprint density at radius 1 is 1.50 bits per heavy atom. The van der Waals surface area contributed by atoms with Crippen molar-refractivity contribution in [1.29, 1.82) is 0 Å². The van der Waals surface area contributed by atoms with Gasteiger partial charge in [-0.05, 0) is 34.5 Å².